The van der Waals surface area contributed by atoms with Crippen molar-refractivity contribution < 1.29 is 19.4 Å². The molecule has 0 saturated heterocycles. The number of carbonyl (C=O) groups is 2. The quantitative estimate of drug-likeness (QED) is 0.574. The van der Waals surface area contributed by atoms with Crippen LogP contribution in [-0.2, 0) is 16.1 Å². The maximum Gasteiger partial charge on any atom is 0.314 e. The average molecular weight is 294 g/mol. The highest BCUT2D eigenvalue weighted by atomic mass is 16.5. The molecule has 0 saturated carbocycles. The van der Waals surface area contributed by atoms with E-state index in [0.29, 0.717) is 19.8 Å². The number of amides is 2. The van der Waals surface area contributed by atoms with Gasteiger partial charge < -0.3 is 20.5 Å². The van der Waals surface area contributed by atoms with Gasteiger partial charge in [0.1, 0.15) is 0 Å². The van der Waals surface area contributed by atoms with Crippen molar-refractivity contribution >= 4 is 12.0 Å². The molecule has 0 aliphatic heterocycles. The summed E-state index contributed by atoms with van der Waals surface area (Å²) in [6, 6.07) is 9.63. The Morgan fingerprint density at radius 1 is 1.05 bits per heavy atom. The molecule has 6 nitrogen and oxygen atoms in total. The molecule has 1 aromatic carbocycles. The first-order valence-corrected chi connectivity index (χ1v) is 7.03. The van der Waals surface area contributed by atoms with Crippen LogP contribution in [0.1, 0.15) is 24.8 Å². The summed E-state index contributed by atoms with van der Waals surface area (Å²) in [6.07, 6.45) is 1.62. The van der Waals surface area contributed by atoms with Crippen molar-refractivity contribution in [1.29, 1.82) is 0 Å². The van der Waals surface area contributed by atoms with E-state index >= 15 is 0 Å². The molecule has 1 rings (SSSR count). The summed E-state index contributed by atoms with van der Waals surface area (Å²) < 4.78 is 5.52. The number of benzene rings is 1. The summed E-state index contributed by atoms with van der Waals surface area (Å²) in [5.41, 5.74) is 1.15. The maximum absolute atomic E-state index is 11.3. The number of hydrogen-bond acceptors (Lipinski definition) is 3. The van der Waals surface area contributed by atoms with Crippen molar-refractivity contribution in [2.24, 2.45) is 0 Å². The van der Waals surface area contributed by atoms with Gasteiger partial charge >= 0.3 is 12.0 Å². The Hall–Kier alpha value is -2.08. The van der Waals surface area contributed by atoms with Crippen LogP contribution in [0.15, 0.2) is 30.3 Å². The summed E-state index contributed by atoms with van der Waals surface area (Å²) in [6.45, 7) is 1.94. The minimum atomic E-state index is -0.925. The summed E-state index contributed by atoms with van der Waals surface area (Å²) in [5, 5.41) is 13.6. The monoisotopic (exact) mass is 294 g/mol. The van der Waals surface area contributed by atoms with Crippen molar-refractivity contribution in [1.82, 2.24) is 10.6 Å². The van der Waals surface area contributed by atoms with Crippen molar-refractivity contribution in [3.63, 3.8) is 0 Å². The Balaban J connectivity index is 1.90. The first kappa shape index (κ1) is 17.0. The first-order valence-electron chi connectivity index (χ1n) is 7.03. The number of rotatable bonds is 10. The van der Waals surface area contributed by atoms with E-state index in [2.05, 4.69) is 10.6 Å². The zero-order valence-corrected chi connectivity index (χ0v) is 12.0. The highest BCUT2D eigenvalue weighted by molar-refractivity contribution is 5.74. The van der Waals surface area contributed by atoms with Gasteiger partial charge in [-0.1, -0.05) is 30.3 Å². The standard InChI is InChI=1S/C15H22N2O4/c18-14(19)8-10-17-15(20)16-9-4-5-11-21-12-13-6-2-1-3-7-13/h1-3,6-7H,4-5,8-12H2,(H,18,19)(H2,16,17,20). The van der Waals surface area contributed by atoms with Crippen LogP contribution >= 0.6 is 0 Å². The van der Waals surface area contributed by atoms with E-state index in [1.807, 2.05) is 30.3 Å². The molecule has 0 aliphatic carbocycles. The van der Waals surface area contributed by atoms with E-state index < -0.39 is 5.97 Å². The fourth-order valence-electron chi connectivity index (χ4n) is 1.64. The lowest BCUT2D eigenvalue weighted by Gasteiger charge is -2.07. The Labute approximate surface area is 124 Å². The van der Waals surface area contributed by atoms with E-state index in [1.165, 1.54) is 0 Å². The lowest BCUT2D eigenvalue weighted by molar-refractivity contribution is -0.136. The maximum atomic E-state index is 11.3. The van der Waals surface area contributed by atoms with Gasteiger partial charge in [0.05, 0.1) is 13.0 Å². The number of urea groups is 1. The van der Waals surface area contributed by atoms with Crippen molar-refractivity contribution in [3.05, 3.63) is 35.9 Å². The van der Waals surface area contributed by atoms with Crippen molar-refractivity contribution in [2.75, 3.05) is 19.7 Å². The normalized spacial score (nSPS) is 10.1. The molecule has 0 bridgehead atoms. The molecule has 0 radical (unpaired) electrons. The number of ether oxygens (including phenoxy) is 1. The largest absolute Gasteiger partial charge is 0.481 e. The van der Waals surface area contributed by atoms with Crippen LogP contribution in [0.2, 0.25) is 0 Å². The molecule has 0 atom stereocenters. The zero-order valence-electron chi connectivity index (χ0n) is 12.0. The molecule has 0 heterocycles. The summed E-state index contributed by atoms with van der Waals surface area (Å²) in [4.78, 5) is 21.5. The molecule has 6 heteroatoms. The second-order valence-corrected chi connectivity index (χ2v) is 4.57. The Bertz CT molecular complexity index is 423. The average Bonchev–Trinajstić information content (AvgIpc) is 2.47. The van der Waals surface area contributed by atoms with E-state index in [1.54, 1.807) is 0 Å². The number of hydrogen-bond donors (Lipinski definition) is 3. The third kappa shape index (κ3) is 9.45. The molecule has 21 heavy (non-hydrogen) atoms. The molecule has 3 N–H and O–H groups in total. The Morgan fingerprint density at radius 3 is 2.48 bits per heavy atom. The third-order valence-corrected chi connectivity index (χ3v) is 2.74. The van der Waals surface area contributed by atoms with Crippen LogP contribution in [0.4, 0.5) is 4.79 Å². The van der Waals surface area contributed by atoms with Gasteiger partial charge in [0.25, 0.3) is 0 Å². The molecule has 0 spiro atoms. The lowest BCUT2D eigenvalue weighted by atomic mass is 10.2. The molecule has 116 valence electrons. The van der Waals surface area contributed by atoms with Gasteiger partial charge in [0.2, 0.25) is 0 Å². The summed E-state index contributed by atoms with van der Waals surface area (Å²) in [7, 11) is 0. The van der Waals surface area contributed by atoms with E-state index in [4.69, 9.17) is 9.84 Å². The SMILES string of the molecule is O=C(O)CCNC(=O)NCCCCOCc1ccccc1. The van der Waals surface area contributed by atoms with Crippen LogP contribution in [-0.4, -0.2) is 36.8 Å². The van der Waals surface area contributed by atoms with Crippen LogP contribution in [0, 0.1) is 0 Å². The Kier molecular flexibility index (Phi) is 8.63. The third-order valence-electron chi connectivity index (χ3n) is 2.74. The number of nitrogens with one attached hydrogen (secondary N) is 2. The Morgan fingerprint density at radius 2 is 1.76 bits per heavy atom. The number of carboxylic acids is 1. The highest BCUT2D eigenvalue weighted by Crippen LogP contribution is 2.01. The van der Waals surface area contributed by atoms with Gasteiger partial charge in [0, 0.05) is 19.7 Å². The highest BCUT2D eigenvalue weighted by Gasteiger charge is 2.01. The lowest BCUT2D eigenvalue weighted by Crippen LogP contribution is -2.37. The minimum Gasteiger partial charge on any atom is -0.481 e. The fraction of sp³-hybridized carbons (Fsp3) is 0.467. The van der Waals surface area contributed by atoms with Crippen LogP contribution in [0.25, 0.3) is 0 Å². The van der Waals surface area contributed by atoms with Crippen molar-refractivity contribution in [2.45, 2.75) is 25.9 Å². The molecular formula is C15H22N2O4. The van der Waals surface area contributed by atoms with Crippen LogP contribution < -0.4 is 10.6 Å². The predicted molar refractivity (Wildman–Crippen MR) is 79.0 cm³/mol. The first-order chi connectivity index (χ1) is 10.2. The molecule has 1 aromatic rings. The molecule has 0 unspecified atom stereocenters. The predicted octanol–water partition coefficient (Wildman–Crippen LogP) is 1.76. The van der Waals surface area contributed by atoms with Gasteiger partial charge in [-0.15, -0.1) is 0 Å². The second kappa shape index (κ2) is 10.7. The number of carbonyl (C=O) groups excluding carboxylic acids is 1. The topological polar surface area (TPSA) is 87.7 Å². The molecule has 0 aliphatic rings. The van der Waals surface area contributed by atoms with Gasteiger partial charge in [-0.25, -0.2) is 4.79 Å². The van der Waals surface area contributed by atoms with Crippen molar-refractivity contribution in [3.8, 4) is 0 Å². The zero-order chi connectivity index (χ0) is 15.3. The fourth-order valence-corrected chi connectivity index (χ4v) is 1.64. The molecule has 2 amide bonds. The van der Waals surface area contributed by atoms with Gasteiger partial charge in [-0.3, -0.25) is 4.79 Å². The van der Waals surface area contributed by atoms with Gasteiger partial charge in [0.15, 0.2) is 0 Å². The summed E-state index contributed by atoms with van der Waals surface area (Å²) >= 11 is 0. The second-order valence-electron chi connectivity index (χ2n) is 4.57. The molecule has 0 fully saturated rings. The van der Waals surface area contributed by atoms with E-state index in [9.17, 15) is 9.59 Å². The number of aliphatic carboxylic acids is 1. The smallest absolute Gasteiger partial charge is 0.314 e. The molecular weight excluding hydrogens is 272 g/mol. The van der Waals surface area contributed by atoms with E-state index in [-0.39, 0.29) is 19.0 Å². The summed E-state index contributed by atoms with van der Waals surface area (Å²) in [5.74, 6) is -0.925. The van der Waals surface area contributed by atoms with Gasteiger partial charge in [-0.05, 0) is 18.4 Å². The number of unbranched alkanes of at least 4 members (excludes halogenated alkanes) is 1. The van der Waals surface area contributed by atoms with Crippen LogP contribution in [0.5, 0.6) is 0 Å². The van der Waals surface area contributed by atoms with Crippen LogP contribution in [0.3, 0.4) is 0 Å². The number of carboxylic acid groups (broad SMARTS) is 1. The van der Waals surface area contributed by atoms with Gasteiger partial charge in [-0.2, -0.15) is 0 Å². The minimum absolute atomic E-state index is 0.0687. The molecule has 0 aromatic heterocycles. The van der Waals surface area contributed by atoms with E-state index in [0.717, 1.165) is 18.4 Å².